The van der Waals surface area contributed by atoms with Crippen LogP contribution in [-0.2, 0) is 0 Å². The predicted molar refractivity (Wildman–Crippen MR) is 42.5 cm³/mol. The van der Waals surface area contributed by atoms with Gasteiger partial charge in [0.2, 0.25) is 0 Å². The van der Waals surface area contributed by atoms with Gasteiger partial charge in [-0.05, 0) is 18.6 Å². The molecule has 11 heavy (non-hydrogen) atoms. The Morgan fingerprint density at radius 2 is 2.36 bits per heavy atom. The molecule has 1 aromatic rings. The summed E-state index contributed by atoms with van der Waals surface area (Å²) >= 11 is 5.67. The van der Waals surface area contributed by atoms with Crippen LogP contribution in [0.5, 0.6) is 0 Å². The van der Waals surface area contributed by atoms with Gasteiger partial charge < -0.3 is 5.73 Å². The van der Waals surface area contributed by atoms with E-state index in [0.717, 1.165) is 5.56 Å². The Labute approximate surface area is 69.2 Å². The molecule has 4 heteroatoms. The highest BCUT2D eigenvalue weighted by molar-refractivity contribution is 6.31. The Balaban J connectivity index is 3.15. The second kappa shape index (κ2) is 2.88. The topological polar surface area (TPSA) is 56.0 Å². The maximum absolute atomic E-state index is 10.6. The Bertz CT molecular complexity index is 298. The van der Waals surface area contributed by atoms with E-state index in [1.807, 2.05) is 0 Å². The van der Waals surface area contributed by atoms with Crippen molar-refractivity contribution in [1.82, 2.24) is 4.98 Å². The fourth-order valence-electron chi connectivity index (χ4n) is 0.674. The zero-order valence-electron chi connectivity index (χ0n) is 5.97. The van der Waals surface area contributed by atoms with E-state index in [-0.39, 0.29) is 5.69 Å². The maximum atomic E-state index is 10.6. The van der Waals surface area contributed by atoms with E-state index in [2.05, 4.69) is 4.98 Å². The summed E-state index contributed by atoms with van der Waals surface area (Å²) in [5, 5.41) is 0.537. The highest BCUT2D eigenvalue weighted by Gasteiger charge is 2.03. The SMILES string of the molecule is Cc1cc(C(N)=O)ncc1Cl. The van der Waals surface area contributed by atoms with Gasteiger partial charge in [-0.2, -0.15) is 0 Å². The van der Waals surface area contributed by atoms with Crippen molar-refractivity contribution in [3.8, 4) is 0 Å². The van der Waals surface area contributed by atoms with Crippen LogP contribution in [0.25, 0.3) is 0 Å². The van der Waals surface area contributed by atoms with Crippen LogP contribution in [-0.4, -0.2) is 10.9 Å². The molecule has 0 atom stereocenters. The summed E-state index contributed by atoms with van der Waals surface area (Å²) in [5.74, 6) is -0.537. The van der Waals surface area contributed by atoms with Crippen LogP contribution in [0, 0.1) is 6.92 Å². The van der Waals surface area contributed by atoms with Gasteiger partial charge in [0.05, 0.1) is 5.02 Å². The summed E-state index contributed by atoms with van der Waals surface area (Å²) in [6.45, 7) is 1.79. The first-order valence-corrected chi connectivity index (χ1v) is 3.41. The Hall–Kier alpha value is -1.09. The van der Waals surface area contributed by atoms with Gasteiger partial charge >= 0.3 is 0 Å². The lowest BCUT2D eigenvalue weighted by Crippen LogP contribution is -2.12. The van der Waals surface area contributed by atoms with Crippen LogP contribution in [0.3, 0.4) is 0 Å². The highest BCUT2D eigenvalue weighted by Crippen LogP contribution is 2.13. The number of rotatable bonds is 1. The van der Waals surface area contributed by atoms with Gasteiger partial charge in [0, 0.05) is 6.20 Å². The minimum absolute atomic E-state index is 0.243. The zero-order valence-corrected chi connectivity index (χ0v) is 6.72. The van der Waals surface area contributed by atoms with Crippen LogP contribution in [0.15, 0.2) is 12.3 Å². The minimum atomic E-state index is -0.537. The molecule has 2 N–H and O–H groups in total. The second-order valence-corrected chi connectivity index (χ2v) is 2.59. The summed E-state index contributed by atoms with van der Waals surface area (Å²) in [4.78, 5) is 14.3. The molecule has 1 heterocycles. The number of hydrogen-bond donors (Lipinski definition) is 1. The van der Waals surface area contributed by atoms with Crippen molar-refractivity contribution in [2.75, 3.05) is 0 Å². The molecule has 0 unspecified atom stereocenters. The van der Waals surface area contributed by atoms with Crippen molar-refractivity contribution in [3.05, 3.63) is 28.5 Å². The minimum Gasteiger partial charge on any atom is -0.364 e. The summed E-state index contributed by atoms with van der Waals surface area (Å²) in [7, 11) is 0. The van der Waals surface area contributed by atoms with Gasteiger partial charge in [-0.15, -0.1) is 0 Å². The van der Waals surface area contributed by atoms with Gasteiger partial charge in [-0.3, -0.25) is 4.79 Å². The van der Waals surface area contributed by atoms with Crippen molar-refractivity contribution in [2.45, 2.75) is 6.92 Å². The number of aromatic nitrogens is 1. The van der Waals surface area contributed by atoms with Crippen molar-refractivity contribution >= 4 is 17.5 Å². The molecule has 0 saturated carbocycles. The largest absolute Gasteiger partial charge is 0.364 e. The molecule has 0 aliphatic rings. The van der Waals surface area contributed by atoms with Crippen LogP contribution in [0.4, 0.5) is 0 Å². The number of pyridine rings is 1. The number of nitrogens with two attached hydrogens (primary N) is 1. The van der Waals surface area contributed by atoms with E-state index in [1.165, 1.54) is 6.20 Å². The molecular weight excluding hydrogens is 164 g/mol. The number of primary amides is 1. The van der Waals surface area contributed by atoms with E-state index >= 15 is 0 Å². The molecule has 0 bridgehead atoms. The van der Waals surface area contributed by atoms with Crippen molar-refractivity contribution in [3.63, 3.8) is 0 Å². The molecule has 0 aliphatic carbocycles. The molecule has 1 aromatic heterocycles. The van der Waals surface area contributed by atoms with Crippen LogP contribution in [0.1, 0.15) is 16.1 Å². The Morgan fingerprint density at radius 3 is 2.82 bits per heavy atom. The monoisotopic (exact) mass is 170 g/mol. The molecule has 58 valence electrons. The van der Waals surface area contributed by atoms with Crippen molar-refractivity contribution in [1.29, 1.82) is 0 Å². The number of halogens is 1. The van der Waals surface area contributed by atoms with Crippen LogP contribution in [0.2, 0.25) is 5.02 Å². The van der Waals surface area contributed by atoms with Crippen molar-refractivity contribution < 1.29 is 4.79 Å². The number of nitrogens with zero attached hydrogens (tertiary/aromatic N) is 1. The maximum Gasteiger partial charge on any atom is 0.267 e. The molecule has 0 aliphatic heterocycles. The smallest absolute Gasteiger partial charge is 0.267 e. The zero-order chi connectivity index (χ0) is 8.43. The summed E-state index contributed by atoms with van der Waals surface area (Å²) in [6, 6.07) is 1.56. The Morgan fingerprint density at radius 1 is 1.73 bits per heavy atom. The van der Waals surface area contributed by atoms with Gasteiger partial charge in [0.1, 0.15) is 5.69 Å². The lowest BCUT2D eigenvalue weighted by atomic mass is 10.2. The average Bonchev–Trinajstić information content (AvgIpc) is 1.94. The standard InChI is InChI=1S/C7H7ClN2O/c1-4-2-6(7(9)11)10-3-5(4)8/h2-3H,1H3,(H2,9,11). The predicted octanol–water partition coefficient (Wildman–Crippen LogP) is 1.14. The average molecular weight is 171 g/mol. The molecule has 0 radical (unpaired) electrons. The summed E-state index contributed by atoms with van der Waals surface area (Å²) < 4.78 is 0. The Kier molecular flexibility index (Phi) is 2.10. The third-order valence-electron chi connectivity index (χ3n) is 1.30. The first-order chi connectivity index (χ1) is 5.11. The molecule has 0 fully saturated rings. The molecule has 1 rings (SSSR count). The van der Waals surface area contributed by atoms with Gasteiger partial charge in [-0.25, -0.2) is 4.98 Å². The van der Waals surface area contributed by atoms with E-state index < -0.39 is 5.91 Å². The second-order valence-electron chi connectivity index (χ2n) is 2.18. The third kappa shape index (κ3) is 1.68. The van der Waals surface area contributed by atoms with Crippen molar-refractivity contribution in [2.24, 2.45) is 5.73 Å². The lowest BCUT2D eigenvalue weighted by Gasteiger charge is -1.97. The van der Waals surface area contributed by atoms with Gasteiger partial charge in [0.15, 0.2) is 0 Å². The summed E-state index contributed by atoms with van der Waals surface area (Å²) in [5.41, 5.74) is 6.03. The molecular formula is C7H7ClN2O. The van der Waals surface area contributed by atoms with Crippen LogP contribution >= 0.6 is 11.6 Å². The molecule has 0 aromatic carbocycles. The number of amides is 1. The molecule has 3 nitrogen and oxygen atoms in total. The van der Waals surface area contributed by atoms with Crippen LogP contribution < -0.4 is 5.73 Å². The number of carbonyl (C=O) groups excluding carboxylic acids is 1. The fourth-order valence-corrected chi connectivity index (χ4v) is 0.777. The number of carbonyl (C=O) groups is 1. The van der Waals surface area contributed by atoms with E-state index in [1.54, 1.807) is 13.0 Å². The number of hydrogen-bond acceptors (Lipinski definition) is 2. The van der Waals surface area contributed by atoms with E-state index in [9.17, 15) is 4.79 Å². The first kappa shape index (κ1) is 8.01. The fraction of sp³-hybridized carbons (Fsp3) is 0.143. The van der Waals surface area contributed by atoms with E-state index in [0.29, 0.717) is 5.02 Å². The summed E-state index contributed by atoms with van der Waals surface area (Å²) in [6.07, 6.45) is 1.41. The third-order valence-corrected chi connectivity index (χ3v) is 1.70. The normalized spacial score (nSPS) is 9.64. The molecule has 0 saturated heterocycles. The van der Waals surface area contributed by atoms with E-state index in [4.69, 9.17) is 17.3 Å². The quantitative estimate of drug-likeness (QED) is 0.687. The molecule has 0 spiro atoms. The van der Waals surface area contributed by atoms with Gasteiger partial charge in [-0.1, -0.05) is 11.6 Å². The molecule has 1 amide bonds. The number of aryl methyl sites for hydroxylation is 1. The lowest BCUT2D eigenvalue weighted by molar-refractivity contribution is 0.0995. The first-order valence-electron chi connectivity index (χ1n) is 3.03. The van der Waals surface area contributed by atoms with Gasteiger partial charge in [0.25, 0.3) is 5.91 Å². The highest BCUT2D eigenvalue weighted by atomic mass is 35.5.